The van der Waals surface area contributed by atoms with E-state index >= 15 is 0 Å². The molecule has 0 bridgehead atoms. The topological polar surface area (TPSA) is 61.8 Å². The maximum atomic E-state index is 9.67. The Morgan fingerprint density at radius 3 is 2.93 bits per heavy atom. The first-order valence-electron chi connectivity index (χ1n) is 4.63. The molecule has 0 aromatic rings. The third-order valence-corrected chi connectivity index (χ3v) is 2.49. The Kier molecular flexibility index (Phi) is 1.90. The number of nitriles is 1. The van der Waals surface area contributed by atoms with Gasteiger partial charge in [0.25, 0.3) is 0 Å². The molecule has 15 heavy (non-hydrogen) atoms. The fraction of sp³-hybridized carbons (Fsp3) is 0.273. The van der Waals surface area contributed by atoms with E-state index in [0.717, 1.165) is 10.3 Å². The quantitative estimate of drug-likeness (QED) is 0.718. The first-order valence-corrected chi connectivity index (χ1v) is 4.63. The maximum absolute atomic E-state index is 9.67. The highest BCUT2D eigenvalue weighted by molar-refractivity contribution is 5.64. The van der Waals surface area contributed by atoms with Crippen LogP contribution in [0.5, 0.6) is 0 Å². The van der Waals surface area contributed by atoms with E-state index in [0.29, 0.717) is 11.4 Å². The molecule has 76 valence electrons. The van der Waals surface area contributed by atoms with E-state index in [4.69, 9.17) is 5.26 Å². The van der Waals surface area contributed by atoms with Gasteiger partial charge in [0.1, 0.15) is 5.69 Å². The van der Waals surface area contributed by atoms with Crippen molar-refractivity contribution in [2.75, 3.05) is 0 Å². The number of hydrogen-bond acceptors (Lipinski definition) is 3. The highest BCUT2D eigenvalue weighted by atomic mass is 16.5. The summed E-state index contributed by atoms with van der Waals surface area (Å²) in [7, 11) is 0. The zero-order valence-electron chi connectivity index (χ0n) is 8.60. The minimum atomic E-state index is -0.652. The van der Waals surface area contributed by atoms with E-state index in [2.05, 4.69) is 11.1 Å². The monoisotopic (exact) mass is 201 g/mol. The molecule has 1 N–H and O–H groups in total. The van der Waals surface area contributed by atoms with Gasteiger partial charge in [0.2, 0.25) is 0 Å². The average Bonchev–Trinajstić information content (AvgIpc) is 2.63. The molecule has 0 unspecified atom stereocenters. The van der Waals surface area contributed by atoms with Crippen molar-refractivity contribution in [2.45, 2.75) is 19.3 Å². The van der Waals surface area contributed by atoms with E-state index < -0.39 is 5.41 Å². The smallest absolute Gasteiger partial charge is 0.111 e. The first kappa shape index (κ1) is 9.53. The Morgan fingerprint density at radius 1 is 1.53 bits per heavy atom. The van der Waals surface area contributed by atoms with Crippen LogP contribution in [0.15, 0.2) is 24.5 Å². The second-order valence-electron chi connectivity index (χ2n) is 4.00. The lowest BCUT2D eigenvalue weighted by molar-refractivity contribution is 0.188. The van der Waals surface area contributed by atoms with Gasteiger partial charge in [0, 0.05) is 18.0 Å². The predicted octanol–water partition coefficient (Wildman–Crippen LogP) is 2.03. The van der Waals surface area contributed by atoms with Crippen LogP contribution in [0.25, 0.3) is 11.4 Å². The number of rotatable bonds is 1. The van der Waals surface area contributed by atoms with E-state index in [-0.39, 0.29) is 0 Å². The lowest BCUT2D eigenvalue weighted by Crippen LogP contribution is -2.15. The Balaban J connectivity index is 2.71. The fourth-order valence-electron chi connectivity index (χ4n) is 1.56. The van der Waals surface area contributed by atoms with Crippen molar-refractivity contribution in [3.8, 4) is 17.5 Å². The minimum absolute atomic E-state index is 0.601. The number of aromatic nitrogens is 2. The largest absolute Gasteiger partial charge is 0.428 e. The van der Waals surface area contributed by atoms with Gasteiger partial charge in [-0.25, -0.2) is 0 Å². The van der Waals surface area contributed by atoms with Crippen molar-refractivity contribution in [1.29, 1.82) is 5.26 Å². The van der Waals surface area contributed by atoms with Crippen molar-refractivity contribution < 1.29 is 5.21 Å². The Labute approximate surface area is 87.7 Å². The van der Waals surface area contributed by atoms with Crippen LogP contribution in [-0.4, -0.2) is 14.9 Å². The van der Waals surface area contributed by atoms with E-state index in [1.165, 1.54) is 6.20 Å². The average molecular weight is 201 g/mol. The fourth-order valence-corrected chi connectivity index (χ4v) is 1.56. The summed E-state index contributed by atoms with van der Waals surface area (Å²) < 4.78 is 1.01. The molecular formula is C11H11N3O. The highest BCUT2D eigenvalue weighted by Crippen LogP contribution is 2.33. The van der Waals surface area contributed by atoms with E-state index in [1.54, 1.807) is 32.2 Å². The molecule has 0 saturated heterocycles. The molecule has 2 heterocycles. The third-order valence-electron chi connectivity index (χ3n) is 2.49. The molecule has 2 aliphatic heterocycles. The molecule has 0 spiro atoms. The summed E-state index contributed by atoms with van der Waals surface area (Å²) in [5.41, 5.74) is 1.38. The molecule has 0 aromatic carbocycles. The van der Waals surface area contributed by atoms with Crippen LogP contribution in [0.1, 0.15) is 19.4 Å². The second-order valence-corrected chi connectivity index (χ2v) is 4.00. The number of nitrogens with zero attached hydrogens (tertiary/aromatic N) is 3. The zero-order valence-corrected chi connectivity index (χ0v) is 8.60. The molecule has 2 aliphatic rings. The summed E-state index contributed by atoms with van der Waals surface area (Å²) in [5, 5.41) is 18.7. The van der Waals surface area contributed by atoms with Gasteiger partial charge >= 0.3 is 0 Å². The van der Waals surface area contributed by atoms with Crippen molar-refractivity contribution in [3.05, 3.63) is 30.1 Å². The lowest BCUT2D eigenvalue weighted by Gasteiger charge is -2.16. The van der Waals surface area contributed by atoms with Gasteiger partial charge in [0.05, 0.1) is 17.2 Å². The summed E-state index contributed by atoms with van der Waals surface area (Å²) in [5.74, 6) is 0. The molecular weight excluding hydrogens is 190 g/mol. The zero-order chi connectivity index (χ0) is 11.1. The molecule has 0 amide bonds. The van der Waals surface area contributed by atoms with Gasteiger partial charge < -0.3 is 5.21 Å². The van der Waals surface area contributed by atoms with Crippen LogP contribution < -0.4 is 0 Å². The van der Waals surface area contributed by atoms with Gasteiger partial charge in [0.15, 0.2) is 0 Å². The molecule has 0 radical (unpaired) electrons. The van der Waals surface area contributed by atoms with Crippen LogP contribution in [0, 0.1) is 11.3 Å². The van der Waals surface area contributed by atoms with Crippen LogP contribution in [0.4, 0.5) is 0 Å². The van der Waals surface area contributed by atoms with Crippen molar-refractivity contribution in [2.24, 2.45) is 0 Å². The van der Waals surface area contributed by atoms with Crippen LogP contribution >= 0.6 is 0 Å². The highest BCUT2D eigenvalue weighted by Gasteiger charge is 2.28. The van der Waals surface area contributed by atoms with Crippen molar-refractivity contribution in [3.63, 3.8) is 0 Å². The van der Waals surface area contributed by atoms with Crippen molar-refractivity contribution in [1.82, 2.24) is 9.71 Å². The SMILES string of the molecule is CC(C)(C#N)c1cnc2cccn(O)c1-2. The summed E-state index contributed by atoms with van der Waals surface area (Å²) in [6.45, 7) is 3.60. The number of hydrogen-bond donors (Lipinski definition) is 1. The molecule has 4 heteroatoms. The van der Waals surface area contributed by atoms with E-state index in [1.807, 2.05) is 0 Å². The summed E-state index contributed by atoms with van der Waals surface area (Å²) in [4.78, 5) is 4.16. The van der Waals surface area contributed by atoms with Gasteiger partial charge in [-0.1, -0.05) is 0 Å². The summed E-state index contributed by atoms with van der Waals surface area (Å²) in [6, 6.07) is 5.71. The molecule has 2 rings (SSSR count). The number of pyridine rings is 1. The van der Waals surface area contributed by atoms with Gasteiger partial charge in [-0.3, -0.25) is 4.98 Å². The number of fused-ring (bicyclic) bond motifs is 1. The third kappa shape index (κ3) is 1.33. The molecule has 0 aliphatic carbocycles. The van der Waals surface area contributed by atoms with Crippen LogP contribution in [0.3, 0.4) is 0 Å². The second kappa shape index (κ2) is 2.99. The van der Waals surface area contributed by atoms with Crippen LogP contribution in [-0.2, 0) is 5.41 Å². The summed E-state index contributed by atoms with van der Waals surface area (Å²) in [6.07, 6.45) is 3.17. The molecule has 0 saturated carbocycles. The standard InChI is InChI=1S/C11H11N3O/c1-11(2,7-12)8-6-13-9-4-3-5-14(15)10(8)9/h3-6,15H,1-2H3. The lowest BCUT2D eigenvalue weighted by atomic mass is 9.86. The molecule has 4 nitrogen and oxygen atoms in total. The van der Waals surface area contributed by atoms with Crippen LogP contribution in [0.2, 0.25) is 0 Å². The molecule has 0 atom stereocenters. The molecule has 0 fully saturated rings. The van der Waals surface area contributed by atoms with Gasteiger partial charge in [-0.15, -0.1) is 0 Å². The predicted molar refractivity (Wildman–Crippen MR) is 54.7 cm³/mol. The Hall–Kier alpha value is -2.02. The Morgan fingerprint density at radius 2 is 2.27 bits per heavy atom. The van der Waals surface area contributed by atoms with E-state index in [9.17, 15) is 5.21 Å². The van der Waals surface area contributed by atoms with Crippen molar-refractivity contribution >= 4 is 0 Å². The maximum Gasteiger partial charge on any atom is 0.111 e. The normalized spacial score (nSPS) is 11.5. The summed E-state index contributed by atoms with van der Waals surface area (Å²) >= 11 is 0. The minimum Gasteiger partial charge on any atom is -0.428 e. The van der Waals surface area contributed by atoms with Gasteiger partial charge in [-0.2, -0.15) is 9.99 Å². The van der Waals surface area contributed by atoms with Gasteiger partial charge in [-0.05, 0) is 26.0 Å². The molecule has 0 aromatic heterocycles. The Bertz CT molecular complexity index is 507. The first-order chi connectivity index (χ1) is 7.06.